The Kier molecular flexibility index (Phi) is 7.86. The number of unbranched alkanes of at least 4 members (excludes halogenated alkanes) is 2. The van der Waals surface area contributed by atoms with Gasteiger partial charge < -0.3 is 9.79 Å². The molecule has 0 bridgehead atoms. The average Bonchev–Trinajstić information content (AvgIpc) is 2.58. The molecule has 0 aliphatic carbocycles. The molecule has 0 amide bonds. The summed E-state index contributed by atoms with van der Waals surface area (Å²) in [5, 5.41) is 0. The van der Waals surface area contributed by atoms with Gasteiger partial charge in [0.2, 0.25) is 0 Å². The summed E-state index contributed by atoms with van der Waals surface area (Å²) in [7, 11) is -4.37. The summed E-state index contributed by atoms with van der Waals surface area (Å²) in [6.07, 6.45) is 4.29. The third-order valence-corrected chi connectivity index (χ3v) is 4.96. The summed E-state index contributed by atoms with van der Waals surface area (Å²) < 4.78 is 15.5. The van der Waals surface area contributed by atoms with E-state index in [0.717, 1.165) is 25.7 Å². The zero-order valence-electron chi connectivity index (χ0n) is 14.6. The monoisotopic (exact) mass is 362 g/mol. The molecule has 25 heavy (non-hydrogen) atoms. The van der Waals surface area contributed by atoms with Gasteiger partial charge in [-0.2, -0.15) is 0 Å². The maximum absolute atomic E-state index is 10.8. The Hall–Kier alpha value is -1.45. The lowest BCUT2D eigenvalue weighted by Gasteiger charge is -2.18. The van der Waals surface area contributed by atoms with Crippen molar-refractivity contribution in [3.05, 3.63) is 71.8 Å². The number of hydrogen-bond donors (Lipinski definition) is 2. The molecule has 136 valence electrons. The highest BCUT2D eigenvalue weighted by atomic mass is 31.2. The van der Waals surface area contributed by atoms with E-state index in [1.807, 2.05) is 12.1 Å². The Bertz CT molecular complexity index is 614. The van der Waals surface area contributed by atoms with Gasteiger partial charge in [0.1, 0.15) is 0 Å². The maximum atomic E-state index is 10.8. The molecule has 1 atom stereocenters. The first-order valence-electron chi connectivity index (χ1n) is 8.79. The van der Waals surface area contributed by atoms with Crippen molar-refractivity contribution in [1.29, 1.82) is 0 Å². The van der Waals surface area contributed by atoms with Crippen LogP contribution in [0.1, 0.15) is 56.1 Å². The van der Waals surface area contributed by atoms with Crippen LogP contribution in [0.25, 0.3) is 0 Å². The first kappa shape index (κ1) is 19.9. The number of rotatable bonds is 10. The third-order valence-electron chi connectivity index (χ3n) is 4.32. The molecular formula is C20H27O4P. The fourth-order valence-electron chi connectivity index (χ4n) is 3.14. The van der Waals surface area contributed by atoms with Crippen LogP contribution in [-0.4, -0.2) is 15.9 Å². The number of hydrogen-bond acceptors (Lipinski definition) is 2. The van der Waals surface area contributed by atoms with Gasteiger partial charge in [0.05, 0.1) is 6.10 Å². The van der Waals surface area contributed by atoms with Crippen LogP contribution in [0.5, 0.6) is 0 Å². The van der Waals surface area contributed by atoms with Crippen LogP contribution in [0.4, 0.5) is 0 Å². The number of phosphoric acid groups is 1. The summed E-state index contributed by atoms with van der Waals surface area (Å²) in [6.45, 7) is 1.70. The van der Waals surface area contributed by atoms with Crippen LogP contribution >= 0.6 is 7.82 Å². The lowest BCUT2D eigenvalue weighted by Crippen LogP contribution is -2.06. The van der Waals surface area contributed by atoms with Crippen molar-refractivity contribution in [3.8, 4) is 0 Å². The number of phosphoric ester groups is 1. The molecule has 2 aromatic carbocycles. The molecule has 0 aliphatic heterocycles. The molecule has 0 saturated carbocycles. The Morgan fingerprint density at radius 3 is 1.80 bits per heavy atom. The topological polar surface area (TPSA) is 66.8 Å². The van der Waals surface area contributed by atoms with E-state index in [1.165, 1.54) is 11.1 Å². The van der Waals surface area contributed by atoms with Crippen molar-refractivity contribution >= 4 is 7.82 Å². The predicted octanol–water partition coefficient (Wildman–Crippen LogP) is 5.27. The second kappa shape index (κ2) is 9.88. The third kappa shape index (κ3) is 7.54. The van der Waals surface area contributed by atoms with Crippen molar-refractivity contribution in [2.45, 2.75) is 51.0 Å². The van der Waals surface area contributed by atoms with Gasteiger partial charge >= 0.3 is 7.82 Å². The molecular weight excluding hydrogens is 335 g/mol. The average molecular weight is 362 g/mol. The van der Waals surface area contributed by atoms with E-state index in [0.29, 0.717) is 12.3 Å². The van der Waals surface area contributed by atoms with Crippen molar-refractivity contribution in [2.24, 2.45) is 0 Å². The van der Waals surface area contributed by atoms with E-state index < -0.39 is 13.9 Å². The van der Waals surface area contributed by atoms with Gasteiger partial charge in [-0.1, -0.05) is 79.9 Å². The first-order valence-corrected chi connectivity index (χ1v) is 10.3. The Balaban J connectivity index is 1.84. The van der Waals surface area contributed by atoms with E-state index in [-0.39, 0.29) is 0 Å². The largest absolute Gasteiger partial charge is 0.469 e. The minimum Gasteiger partial charge on any atom is -0.303 e. The second-order valence-corrected chi connectivity index (χ2v) is 7.61. The lowest BCUT2D eigenvalue weighted by molar-refractivity contribution is 0.136. The van der Waals surface area contributed by atoms with E-state index in [4.69, 9.17) is 9.79 Å². The molecule has 0 aromatic heterocycles. The fraction of sp³-hybridized carbons (Fsp3) is 0.400. The Labute approximate surface area is 150 Å². The van der Waals surface area contributed by atoms with Crippen molar-refractivity contribution in [2.75, 3.05) is 0 Å². The molecule has 4 nitrogen and oxygen atoms in total. The van der Waals surface area contributed by atoms with Gasteiger partial charge in [0, 0.05) is 5.92 Å². The van der Waals surface area contributed by atoms with E-state index in [1.54, 1.807) is 6.92 Å². The number of benzene rings is 2. The zero-order chi connectivity index (χ0) is 18.1. The standard InChI is InChI=1S/C20H27O4P/c1-17(24-25(21,22)23)11-5-2-10-16-20(18-12-6-3-7-13-18)19-14-8-4-9-15-19/h3-4,6-9,12-15,17,20H,2,5,10-11,16H2,1H3,(H2,21,22,23). The quantitative estimate of drug-likeness (QED) is 0.446. The van der Waals surface area contributed by atoms with E-state index in [9.17, 15) is 4.57 Å². The zero-order valence-corrected chi connectivity index (χ0v) is 15.5. The first-order chi connectivity index (χ1) is 12.0. The normalized spacial score (nSPS) is 13.1. The van der Waals surface area contributed by atoms with Gasteiger partial charge in [-0.3, -0.25) is 4.52 Å². The van der Waals surface area contributed by atoms with Crippen molar-refractivity contribution in [1.82, 2.24) is 0 Å². The molecule has 2 N–H and O–H groups in total. The SMILES string of the molecule is CC(CCCCCC(c1ccccc1)c1ccccc1)OP(=O)(O)O. The molecule has 0 fully saturated rings. The molecule has 0 saturated heterocycles. The predicted molar refractivity (Wildman–Crippen MR) is 100 cm³/mol. The van der Waals surface area contributed by atoms with Crippen LogP contribution in [0.15, 0.2) is 60.7 Å². The van der Waals surface area contributed by atoms with Crippen LogP contribution in [0.2, 0.25) is 0 Å². The lowest BCUT2D eigenvalue weighted by atomic mass is 9.87. The summed E-state index contributed by atoms with van der Waals surface area (Å²) in [5.74, 6) is 0.381. The van der Waals surface area contributed by atoms with Gasteiger partial charge in [0.15, 0.2) is 0 Å². The highest BCUT2D eigenvalue weighted by molar-refractivity contribution is 7.46. The van der Waals surface area contributed by atoms with E-state index in [2.05, 4.69) is 53.1 Å². The highest BCUT2D eigenvalue weighted by Crippen LogP contribution is 2.38. The van der Waals surface area contributed by atoms with Crippen LogP contribution < -0.4 is 0 Å². The fourth-order valence-corrected chi connectivity index (χ4v) is 3.71. The van der Waals surface area contributed by atoms with Crippen LogP contribution in [0.3, 0.4) is 0 Å². The summed E-state index contributed by atoms with van der Waals surface area (Å²) >= 11 is 0. The van der Waals surface area contributed by atoms with Crippen molar-refractivity contribution < 1.29 is 18.9 Å². The second-order valence-electron chi connectivity index (χ2n) is 6.42. The Morgan fingerprint density at radius 2 is 1.32 bits per heavy atom. The smallest absolute Gasteiger partial charge is 0.303 e. The molecule has 0 spiro atoms. The Morgan fingerprint density at radius 1 is 0.840 bits per heavy atom. The van der Waals surface area contributed by atoms with Gasteiger partial charge in [0.25, 0.3) is 0 Å². The highest BCUT2D eigenvalue weighted by Gasteiger charge is 2.18. The molecule has 0 heterocycles. The molecule has 0 radical (unpaired) electrons. The van der Waals surface area contributed by atoms with Gasteiger partial charge in [-0.05, 0) is 30.9 Å². The van der Waals surface area contributed by atoms with Crippen molar-refractivity contribution in [3.63, 3.8) is 0 Å². The molecule has 2 aromatic rings. The van der Waals surface area contributed by atoms with E-state index >= 15 is 0 Å². The maximum Gasteiger partial charge on any atom is 0.469 e. The van der Waals surface area contributed by atoms with Crippen LogP contribution in [-0.2, 0) is 9.09 Å². The van der Waals surface area contributed by atoms with Gasteiger partial charge in [-0.25, -0.2) is 4.57 Å². The van der Waals surface area contributed by atoms with Crippen LogP contribution in [0, 0.1) is 0 Å². The molecule has 5 heteroatoms. The molecule has 2 rings (SSSR count). The van der Waals surface area contributed by atoms with Gasteiger partial charge in [-0.15, -0.1) is 0 Å². The minimum absolute atomic E-state index is 0.381. The summed E-state index contributed by atoms with van der Waals surface area (Å²) in [4.78, 5) is 17.6. The minimum atomic E-state index is -4.37. The summed E-state index contributed by atoms with van der Waals surface area (Å²) in [6, 6.07) is 21.1. The molecule has 0 aliphatic rings. The summed E-state index contributed by atoms with van der Waals surface area (Å²) in [5.41, 5.74) is 2.65. The molecule has 1 unspecified atom stereocenters.